The van der Waals surface area contributed by atoms with Gasteiger partial charge in [0.1, 0.15) is 5.76 Å². The van der Waals surface area contributed by atoms with E-state index in [0.29, 0.717) is 27.7 Å². The molecule has 0 amide bonds. The summed E-state index contributed by atoms with van der Waals surface area (Å²) in [4.78, 5) is 0.0000236. The second kappa shape index (κ2) is 5.54. The molecule has 0 aliphatic carbocycles. The first-order valence-electron chi connectivity index (χ1n) is 5.17. The molecular weight excluding hydrogens is 356 g/mol. The normalized spacial score (nSPS) is 11.5. The molecule has 0 radical (unpaired) electrons. The van der Waals surface area contributed by atoms with Gasteiger partial charge in [-0.2, -0.15) is 0 Å². The Kier molecular flexibility index (Phi) is 4.19. The fraction of sp³-hybridized carbons (Fsp3) is 0.0909. The van der Waals surface area contributed by atoms with Crippen molar-refractivity contribution < 1.29 is 12.8 Å². The molecular formula is C11H10BrClN2O3S. The minimum Gasteiger partial charge on any atom is -0.452 e. The van der Waals surface area contributed by atoms with E-state index in [1.54, 1.807) is 12.1 Å². The van der Waals surface area contributed by atoms with Crippen molar-refractivity contribution in [3.63, 3.8) is 0 Å². The topological polar surface area (TPSA) is 85.3 Å². The number of anilines is 1. The molecule has 1 aromatic heterocycles. The van der Waals surface area contributed by atoms with Crippen LogP contribution in [-0.2, 0) is 16.6 Å². The van der Waals surface area contributed by atoms with E-state index >= 15 is 0 Å². The van der Waals surface area contributed by atoms with Crippen LogP contribution in [-0.4, -0.2) is 8.42 Å². The Bertz CT molecular complexity index is 700. The van der Waals surface area contributed by atoms with Gasteiger partial charge in [-0.05, 0) is 46.3 Å². The number of hydrogen-bond donors (Lipinski definition) is 2. The van der Waals surface area contributed by atoms with Gasteiger partial charge in [0.15, 0.2) is 4.67 Å². The summed E-state index contributed by atoms with van der Waals surface area (Å²) in [6.45, 7) is 0.374. The van der Waals surface area contributed by atoms with E-state index in [1.165, 1.54) is 18.2 Å². The fourth-order valence-electron chi connectivity index (χ4n) is 1.45. The van der Waals surface area contributed by atoms with Crippen molar-refractivity contribution in [1.82, 2.24) is 0 Å². The molecule has 1 aromatic carbocycles. The average Bonchev–Trinajstić information content (AvgIpc) is 2.72. The molecule has 102 valence electrons. The van der Waals surface area contributed by atoms with Gasteiger partial charge in [0, 0.05) is 0 Å². The lowest BCUT2D eigenvalue weighted by atomic mass is 10.3. The highest BCUT2D eigenvalue weighted by atomic mass is 79.9. The second-order valence-corrected chi connectivity index (χ2v) is 6.50. The molecule has 2 rings (SSSR count). The molecule has 19 heavy (non-hydrogen) atoms. The van der Waals surface area contributed by atoms with Crippen LogP contribution in [0.4, 0.5) is 5.69 Å². The molecule has 1 heterocycles. The van der Waals surface area contributed by atoms with Crippen molar-refractivity contribution in [2.45, 2.75) is 11.4 Å². The maximum atomic E-state index is 11.3. The SMILES string of the molecule is NS(=O)(=O)c1ccc(Cl)c(NCc2ccc(Br)o2)c1. The zero-order valence-electron chi connectivity index (χ0n) is 9.56. The summed E-state index contributed by atoms with van der Waals surface area (Å²) < 4.78 is 28.4. The highest BCUT2D eigenvalue weighted by Gasteiger charge is 2.11. The molecule has 0 unspecified atom stereocenters. The number of nitrogens with two attached hydrogens (primary N) is 1. The maximum absolute atomic E-state index is 11.3. The van der Waals surface area contributed by atoms with E-state index in [0.717, 1.165) is 0 Å². The summed E-state index contributed by atoms with van der Waals surface area (Å²) in [7, 11) is -3.75. The minimum absolute atomic E-state index is 0.0000236. The third-order valence-electron chi connectivity index (χ3n) is 2.35. The van der Waals surface area contributed by atoms with Gasteiger partial charge < -0.3 is 9.73 Å². The first kappa shape index (κ1) is 14.4. The smallest absolute Gasteiger partial charge is 0.238 e. The van der Waals surface area contributed by atoms with Gasteiger partial charge >= 0.3 is 0 Å². The van der Waals surface area contributed by atoms with Crippen LogP contribution in [0.5, 0.6) is 0 Å². The predicted molar refractivity (Wildman–Crippen MR) is 76.6 cm³/mol. The summed E-state index contributed by atoms with van der Waals surface area (Å²) in [6.07, 6.45) is 0. The summed E-state index contributed by atoms with van der Waals surface area (Å²) in [5.74, 6) is 0.684. The molecule has 2 aromatic rings. The number of hydrogen-bond acceptors (Lipinski definition) is 4. The van der Waals surface area contributed by atoms with E-state index < -0.39 is 10.0 Å². The lowest BCUT2D eigenvalue weighted by molar-refractivity contribution is 0.495. The lowest BCUT2D eigenvalue weighted by Crippen LogP contribution is -2.12. The Morgan fingerprint density at radius 1 is 1.32 bits per heavy atom. The van der Waals surface area contributed by atoms with Crippen molar-refractivity contribution in [3.8, 4) is 0 Å². The van der Waals surface area contributed by atoms with Crippen molar-refractivity contribution in [1.29, 1.82) is 0 Å². The highest BCUT2D eigenvalue weighted by molar-refractivity contribution is 9.10. The molecule has 0 aliphatic rings. The van der Waals surface area contributed by atoms with E-state index in [9.17, 15) is 8.42 Å². The molecule has 0 spiro atoms. The molecule has 0 atom stereocenters. The summed E-state index contributed by atoms with van der Waals surface area (Å²) >= 11 is 9.17. The monoisotopic (exact) mass is 364 g/mol. The Labute approximate surface area is 123 Å². The van der Waals surface area contributed by atoms with Crippen LogP contribution in [0.1, 0.15) is 5.76 Å². The zero-order chi connectivity index (χ0) is 14.0. The van der Waals surface area contributed by atoms with Crippen molar-refractivity contribution in [3.05, 3.63) is 45.8 Å². The van der Waals surface area contributed by atoms with Crippen LogP contribution >= 0.6 is 27.5 Å². The minimum atomic E-state index is -3.75. The molecule has 5 nitrogen and oxygen atoms in total. The van der Waals surface area contributed by atoms with Gasteiger partial charge in [0.2, 0.25) is 10.0 Å². The molecule has 0 bridgehead atoms. The van der Waals surface area contributed by atoms with Crippen LogP contribution < -0.4 is 10.5 Å². The zero-order valence-corrected chi connectivity index (χ0v) is 12.7. The number of rotatable bonds is 4. The third-order valence-corrected chi connectivity index (χ3v) is 4.02. The highest BCUT2D eigenvalue weighted by Crippen LogP contribution is 2.25. The molecule has 3 N–H and O–H groups in total. The van der Waals surface area contributed by atoms with Gasteiger partial charge in [-0.15, -0.1) is 0 Å². The van der Waals surface area contributed by atoms with Gasteiger partial charge in [-0.3, -0.25) is 0 Å². The summed E-state index contributed by atoms with van der Waals surface area (Å²) in [5.41, 5.74) is 0.473. The van der Waals surface area contributed by atoms with Gasteiger partial charge in [-0.1, -0.05) is 11.6 Å². The Balaban J connectivity index is 2.20. The Hall–Kier alpha value is -1.02. The van der Waals surface area contributed by atoms with Crippen LogP contribution in [0.15, 0.2) is 44.3 Å². The molecule has 0 saturated carbocycles. The van der Waals surface area contributed by atoms with Gasteiger partial charge in [-0.25, -0.2) is 13.6 Å². The van der Waals surface area contributed by atoms with Crippen LogP contribution in [0, 0.1) is 0 Å². The molecule has 0 fully saturated rings. The van der Waals surface area contributed by atoms with Crippen molar-refractivity contribution in [2.24, 2.45) is 5.14 Å². The number of sulfonamides is 1. The van der Waals surface area contributed by atoms with E-state index in [1.807, 2.05) is 0 Å². The first-order chi connectivity index (χ1) is 8.86. The van der Waals surface area contributed by atoms with E-state index in [-0.39, 0.29) is 4.90 Å². The molecule has 0 aliphatic heterocycles. The van der Waals surface area contributed by atoms with Gasteiger partial charge in [0.05, 0.1) is 22.2 Å². The number of furan rings is 1. The number of benzene rings is 1. The Morgan fingerprint density at radius 2 is 2.05 bits per heavy atom. The first-order valence-corrected chi connectivity index (χ1v) is 7.88. The third kappa shape index (κ3) is 3.73. The number of nitrogens with one attached hydrogen (secondary N) is 1. The largest absolute Gasteiger partial charge is 0.452 e. The van der Waals surface area contributed by atoms with E-state index in [2.05, 4.69) is 21.2 Å². The van der Waals surface area contributed by atoms with Crippen LogP contribution in [0.2, 0.25) is 5.02 Å². The van der Waals surface area contributed by atoms with Crippen LogP contribution in [0.3, 0.4) is 0 Å². The Morgan fingerprint density at radius 3 is 2.63 bits per heavy atom. The second-order valence-electron chi connectivity index (χ2n) is 3.75. The quantitative estimate of drug-likeness (QED) is 0.872. The summed E-state index contributed by atoms with van der Waals surface area (Å²) in [6, 6.07) is 7.76. The lowest BCUT2D eigenvalue weighted by Gasteiger charge is -2.08. The maximum Gasteiger partial charge on any atom is 0.238 e. The molecule has 0 saturated heterocycles. The summed E-state index contributed by atoms with van der Waals surface area (Å²) in [5, 5.41) is 8.45. The van der Waals surface area contributed by atoms with E-state index in [4.69, 9.17) is 21.2 Å². The average molecular weight is 366 g/mol. The van der Waals surface area contributed by atoms with Crippen molar-refractivity contribution in [2.75, 3.05) is 5.32 Å². The predicted octanol–water partition coefficient (Wildman–Crippen LogP) is 2.96. The van der Waals surface area contributed by atoms with Gasteiger partial charge in [0.25, 0.3) is 0 Å². The standard InChI is InChI=1S/C11H10BrClN2O3S/c12-11-4-1-7(18-11)6-15-10-5-8(19(14,16)17)2-3-9(10)13/h1-5,15H,6H2,(H2,14,16,17). The molecule has 8 heteroatoms. The fourth-order valence-corrected chi connectivity index (χ4v) is 2.51. The number of primary sulfonamides is 1. The van der Waals surface area contributed by atoms with Crippen molar-refractivity contribution >= 4 is 43.2 Å². The number of halogens is 2. The van der Waals surface area contributed by atoms with Crippen LogP contribution in [0.25, 0.3) is 0 Å².